The van der Waals surface area contributed by atoms with Crippen molar-refractivity contribution < 1.29 is 4.74 Å². The van der Waals surface area contributed by atoms with E-state index < -0.39 is 0 Å². The minimum absolute atomic E-state index is 0. The van der Waals surface area contributed by atoms with Crippen molar-refractivity contribution >= 4 is 41.3 Å². The molecule has 7 heteroatoms. The lowest BCUT2D eigenvalue weighted by Crippen LogP contribution is -2.37. The van der Waals surface area contributed by atoms with Crippen molar-refractivity contribution in [3.63, 3.8) is 0 Å². The first-order valence-corrected chi connectivity index (χ1v) is 7.83. The molecule has 0 aromatic carbocycles. The van der Waals surface area contributed by atoms with Crippen molar-refractivity contribution in [2.75, 3.05) is 20.2 Å². The van der Waals surface area contributed by atoms with E-state index in [4.69, 9.17) is 4.74 Å². The number of aryl methyl sites for hydroxylation is 2. The van der Waals surface area contributed by atoms with Gasteiger partial charge in [0.05, 0.1) is 18.3 Å². The highest BCUT2D eigenvalue weighted by Crippen LogP contribution is 2.15. The number of nitrogens with zero attached hydrogens (tertiary/aromatic N) is 2. The van der Waals surface area contributed by atoms with Crippen molar-refractivity contribution in [3.05, 3.63) is 15.6 Å². The second-order valence-corrected chi connectivity index (χ2v) is 6.16. The number of thiazole rings is 1. The number of halogens is 1. The predicted octanol–water partition coefficient (Wildman–Crippen LogP) is 2.86. The first-order chi connectivity index (χ1) is 9.52. The summed E-state index contributed by atoms with van der Waals surface area (Å²) in [7, 11) is 1.78. The van der Waals surface area contributed by atoms with Gasteiger partial charge in [-0.3, -0.25) is 4.99 Å². The number of hydrogen-bond acceptors (Lipinski definition) is 4. The smallest absolute Gasteiger partial charge is 0.191 e. The van der Waals surface area contributed by atoms with E-state index in [9.17, 15) is 0 Å². The number of guanidine groups is 1. The molecule has 122 valence electrons. The van der Waals surface area contributed by atoms with E-state index in [1.165, 1.54) is 4.88 Å². The van der Waals surface area contributed by atoms with Crippen LogP contribution in [0.2, 0.25) is 0 Å². The fourth-order valence-corrected chi connectivity index (χ4v) is 2.47. The number of rotatable bonds is 7. The molecule has 0 radical (unpaired) electrons. The van der Waals surface area contributed by atoms with Crippen molar-refractivity contribution in [2.24, 2.45) is 4.99 Å². The number of ether oxygens (including phenoxy) is 1. The highest BCUT2D eigenvalue weighted by Gasteiger charge is 2.04. The summed E-state index contributed by atoms with van der Waals surface area (Å²) in [5, 5.41) is 7.63. The summed E-state index contributed by atoms with van der Waals surface area (Å²) >= 11 is 1.73. The molecule has 0 bridgehead atoms. The van der Waals surface area contributed by atoms with Crippen LogP contribution in [0, 0.1) is 13.8 Å². The molecule has 0 atom stereocenters. The zero-order valence-electron chi connectivity index (χ0n) is 13.5. The lowest BCUT2D eigenvalue weighted by atomic mass is 10.4. The fourth-order valence-electron chi connectivity index (χ4n) is 1.59. The summed E-state index contributed by atoms with van der Waals surface area (Å²) in [5.41, 5.74) is 1.11. The second-order valence-electron chi connectivity index (χ2n) is 4.87. The van der Waals surface area contributed by atoms with Crippen LogP contribution in [0.1, 0.15) is 35.8 Å². The topological polar surface area (TPSA) is 58.5 Å². The van der Waals surface area contributed by atoms with Crippen molar-refractivity contribution in [1.82, 2.24) is 15.6 Å². The normalized spacial score (nSPS) is 11.4. The standard InChI is InChI=1S/C14H26N4OS.HI/c1-10(2)19-8-6-7-16-14(15-5)17-9-13-18-11(3)12(4)20-13;/h10H,6-9H2,1-5H3,(H2,15,16,17);1H. The zero-order valence-corrected chi connectivity index (χ0v) is 16.7. The van der Waals surface area contributed by atoms with E-state index in [1.807, 2.05) is 20.8 Å². The maximum absolute atomic E-state index is 5.49. The van der Waals surface area contributed by atoms with E-state index in [0.29, 0.717) is 12.6 Å². The van der Waals surface area contributed by atoms with Crippen LogP contribution < -0.4 is 10.6 Å². The predicted molar refractivity (Wildman–Crippen MR) is 101 cm³/mol. The van der Waals surface area contributed by atoms with Gasteiger partial charge in [0.1, 0.15) is 5.01 Å². The van der Waals surface area contributed by atoms with Gasteiger partial charge in [0, 0.05) is 25.1 Å². The van der Waals surface area contributed by atoms with Crippen LogP contribution in [0.4, 0.5) is 0 Å². The van der Waals surface area contributed by atoms with Gasteiger partial charge < -0.3 is 15.4 Å². The molecule has 0 amide bonds. The van der Waals surface area contributed by atoms with Crippen LogP contribution in [0.25, 0.3) is 0 Å². The molecular weight excluding hydrogens is 399 g/mol. The van der Waals surface area contributed by atoms with Gasteiger partial charge >= 0.3 is 0 Å². The number of nitrogens with one attached hydrogen (secondary N) is 2. The summed E-state index contributed by atoms with van der Waals surface area (Å²) in [4.78, 5) is 9.97. The van der Waals surface area contributed by atoms with Crippen LogP contribution in [-0.4, -0.2) is 37.2 Å². The first-order valence-electron chi connectivity index (χ1n) is 7.02. The molecule has 0 fully saturated rings. The molecule has 0 aliphatic rings. The molecule has 0 aliphatic heterocycles. The minimum Gasteiger partial charge on any atom is -0.379 e. The maximum atomic E-state index is 5.49. The molecule has 2 N–H and O–H groups in total. The van der Waals surface area contributed by atoms with Gasteiger partial charge in [0.15, 0.2) is 5.96 Å². The summed E-state index contributed by atoms with van der Waals surface area (Å²) < 4.78 is 5.49. The molecule has 0 saturated heterocycles. The van der Waals surface area contributed by atoms with Gasteiger partial charge in [0.25, 0.3) is 0 Å². The Balaban J connectivity index is 0.00000400. The van der Waals surface area contributed by atoms with Gasteiger partial charge in [-0.2, -0.15) is 0 Å². The van der Waals surface area contributed by atoms with E-state index in [0.717, 1.165) is 36.2 Å². The number of aromatic nitrogens is 1. The summed E-state index contributed by atoms with van der Waals surface area (Å²) in [5.74, 6) is 0.806. The van der Waals surface area contributed by atoms with Crippen molar-refractivity contribution in [1.29, 1.82) is 0 Å². The Kier molecular flexibility index (Phi) is 11.0. The number of hydrogen-bond donors (Lipinski definition) is 2. The van der Waals surface area contributed by atoms with Gasteiger partial charge in [-0.1, -0.05) is 0 Å². The highest BCUT2D eigenvalue weighted by atomic mass is 127. The van der Waals surface area contributed by atoms with Gasteiger partial charge in [0.2, 0.25) is 0 Å². The molecule has 0 spiro atoms. The second kappa shape index (κ2) is 11.2. The van der Waals surface area contributed by atoms with Crippen molar-refractivity contribution in [3.8, 4) is 0 Å². The molecular formula is C14H27IN4OS. The van der Waals surface area contributed by atoms with Crippen LogP contribution in [0.15, 0.2) is 4.99 Å². The van der Waals surface area contributed by atoms with Crippen molar-refractivity contribution in [2.45, 2.75) is 46.8 Å². The highest BCUT2D eigenvalue weighted by molar-refractivity contribution is 14.0. The SMILES string of the molecule is CN=C(NCCCOC(C)C)NCc1nc(C)c(C)s1.I. The number of aliphatic imine (C=N–C) groups is 1. The Morgan fingerprint density at radius 2 is 2.05 bits per heavy atom. The Hall–Kier alpha value is -0.410. The molecule has 1 rings (SSSR count). The molecule has 0 aliphatic carbocycles. The summed E-state index contributed by atoms with van der Waals surface area (Å²) in [6.45, 7) is 10.6. The van der Waals surface area contributed by atoms with Crippen LogP contribution in [0.3, 0.4) is 0 Å². The zero-order chi connectivity index (χ0) is 15.0. The minimum atomic E-state index is 0. The van der Waals surface area contributed by atoms with E-state index >= 15 is 0 Å². The van der Waals surface area contributed by atoms with E-state index in [1.54, 1.807) is 18.4 Å². The quantitative estimate of drug-likeness (QED) is 0.305. The van der Waals surface area contributed by atoms with Gasteiger partial charge in [-0.15, -0.1) is 35.3 Å². The Bertz CT molecular complexity index is 415. The molecule has 21 heavy (non-hydrogen) atoms. The molecule has 0 unspecified atom stereocenters. The maximum Gasteiger partial charge on any atom is 0.191 e. The summed E-state index contributed by atoms with van der Waals surface area (Å²) in [6.07, 6.45) is 1.26. The van der Waals surface area contributed by atoms with E-state index in [2.05, 4.69) is 27.5 Å². The third-order valence-corrected chi connectivity index (χ3v) is 3.84. The fraction of sp³-hybridized carbons (Fsp3) is 0.714. The van der Waals surface area contributed by atoms with Gasteiger partial charge in [-0.05, 0) is 34.1 Å². The molecule has 1 aromatic heterocycles. The molecule has 1 heterocycles. The third-order valence-electron chi connectivity index (χ3n) is 2.77. The van der Waals surface area contributed by atoms with Crippen LogP contribution in [0.5, 0.6) is 0 Å². The van der Waals surface area contributed by atoms with Crippen LogP contribution in [-0.2, 0) is 11.3 Å². The van der Waals surface area contributed by atoms with Crippen LogP contribution >= 0.6 is 35.3 Å². The lowest BCUT2D eigenvalue weighted by molar-refractivity contribution is 0.0776. The molecule has 5 nitrogen and oxygen atoms in total. The molecule has 0 saturated carbocycles. The monoisotopic (exact) mass is 426 g/mol. The molecule has 1 aromatic rings. The summed E-state index contributed by atoms with van der Waals surface area (Å²) in [6, 6.07) is 0. The average molecular weight is 426 g/mol. The first kappa shape index (κ1) is 20.6. The van der Waals surface area contributed by atoms with E-state index in [-0.39, 0.29) is 24.0 Å². The average Bonchev–Trinajstić information content (AvgIpc) is 2.71. The van der Waals surface area contributed by atoms with Gasteiger partial charge in [-0.25, -0.2) is 4.98 Å². The lowest BCUT2D eigenvalue weighted by Gasteiger charge is -2.11. The Morgan fingerprint density at radius 3 is 2.57 bits per heavy atom. The Labute approximate surface area is 149 Å². The third kappa shape index (κ3) is 8.57. The largest absolute Gasteiger partial charge is 0.379 e. The Morgan fingerprint density at radius 1 is 1.33 bits per heavy atom.